The van der Waals surface area contributed by atoms with Crippen LogP contribution in [0.25, 0.3) is 0 Å². The van der Waals surface area contributed by atoms with Crippen molar-refractivity contribution in [2.24, 2.45) is 4.52 Å². The van der Waals surface area contributed by atoms with Gasteiger partial charge in [-0.15, -0.1) is 0 Å². The maximum atomic E-state index is 11.8. The van der Waals surface area contributed by atoms with Gasteiger partial charge in [0, 0.05) is 12.1 Å². The van der Waals surface area contributed by atoms with Gasteiger partial charge < -0.3 is 5.21 Å². The fourth-order valence-electron chi connectivity index (χ4n) is 1.34. The van der Waals surface area contributed by atoms with Crippen molar-refractivity contribution >= 4 is 15.7 Å². The van der Waals surface area contributed by atoms with Gasteiger partial charge in [0.2, 0.25) is 5.69 Å². The van der Waals surface area contributed by atoms with Crippen LogP contribution < -0.4 is 0 Å². The Morgan fingerprint density at radius 1 is 0.889 bits per heavy atom. The molecule has 0 heterocycles. The first-order valence-corrected chi connectivity index (χ1v) is 6.59. The third-order valence-corrected chi connectivity index (χ3v) is 3.43. The van der Waals surface area contributed by atoms with Crippen molar-refractivity contribution in [1.82, 2.24) is 0 Å². The molecule has 0 spiro atoms. The first kappa shape index (κ1) is 12.3. The highest BCUT2D eigenvalue weighted by Crippen LogP contribution is 2.15. The van der Waals surface area contributed by atoms with E-state index in [4.69, 9.17) is 0 Å². The molecule has 18 heavy (non-hydrogen) atoms. The van der Waals surface area contributed by atoms with Crippen LogP contribution in [0.3, 0.4) is 0 Å². The Bertz CT molecular complexity index is 652. The van der Waals surface area contributed by atoms with Crippen molar-refractivity contribution in [2.45, 2.75) is 4.90 Å². The molecule has 5 nitrogen and oxygen atoms in total. The second-order valence-corrected chi connectivity index (χ2v) is 5.06. The van der Waals surface area contributed by atoms with Gasteiger partial charge in [-0.25, -0.2) is 0 Å². The number of benzene rings is 2. The fraction of sp³-hybridized carbons (Fsp3) is 0. The molecule has 0 aliphatic carbocycles. The number of rotatable bonds is 3. The van der Waals surface area contributed by atoms with E-state index < -0.39 is 10.0 Å². The van der Waals surface area contributed by atoms with Crippen LogP contribution in [-0.2, 0) is 10.0 Å². The summed E-state index contributed by atoms with van der Waals surface area (Å²) in [6, 6.07) is 15.5. The van der Waals surface area contributed by atoms with Crippen LogP contribution in [0, 0.1) is 5.21 Å². The van der Waals surface area contributed by atoms with Crippen LogP contribution in [0.2, 0.25) is 0 Å². The summed E-state index contributed by atoms with van der Waals surface area (Å²) >= 11 is 0. The van der Waals surface area contributed by atoms with Gasteiger partial charge in [0.15, 0.2) is 0 Å². The summed E-state index contributed by atoms with van der Waals surface area (Å²) in [4.78, 5) is 0.0873. The van der Waals surface area contributed by atoms with E-state index in [1.54, 1.807) is 36.4 Å². The molecular formula is C12H10N2O3S. The molecule has 0 bridgehead atoms. The topological polar surface area (TPSA) is 72.6 Å². The lowest BCUT2D eigenvalue weighted by molar-refractivity contribution is -0.430. The van der Waals surface area contributed by atoms with Gasteiger partial charge in [0.05, 0.1) is 4.90 Å². The molecular weight excluding hydrogens is 252 g/mol. The smallest absolute Gasteiger partial charge is 0.337 e. The van der Waals surface area contributed by atoms with Crippen molar-refractivity contribution < 1.29 is 13.3 Å². The van der Waals surface area contributed by atoms with Crippen LogP contribution in [-0.4, -0.2) is 13.3 Å². The van der Waals surface area contributed by atoms with Crippen LogP contribution in [0.5, 0.6) is 0 Å². The Morgan fingerprint density at radius 3 is 1.94 bits per heavy atom. The Kier molecular flexibility index (Phi) is 3.38. The number of hydrogen-bond donors (Lipinski definition) is 0. The zero-order valence-corrected chi connectivity index (χ0v) is 10.1. The standard InChI is InChI=1S/C12H10N2O3S/c15-14(11-7-3-1-4-8-11)13-18(16,17)12-9-5-2-6-10-12/h1-10H/b14-13-. The molecule has 0 aliphatic rings. The minimum absolute atomic E-state index is 0.0122. The lowest BCUT2D eigenvalue weighted by Crippen LogP contribution is -2.02. The normalized spacial score (nSPS) is 12.3. The molecule has 0 saturated carbocycles. The number of hydrogen-bond acceptors (Lipinski definition) is 3. The lowest BCUT2D eigenvalue weighted by Gasteiger charge is -1.99. The minimum Gasteiger partial charge on any atom is -0.593 e. The van der Waals surface area contributed by atoms with E-state index in [-0.39, 0.29) is 15.4 Å². The van der Waals surface area contributed by atoms with Crippen molar-refractivity contribution in [3.8, 4) is 0 Å². The molecule has 0 aliphatic heterocycles. The van der Waals surface area contributed by atoms with Gasteiger partial charge in [-0.3, -0.25) is 0 Å². The zero-order valence-electron chi connectivity index (χ0n) is 9.30. The molecule has 6 heteroatoms. The van der Waals surface area contributed by atoms with Crippen molar-refractivity contribution in [1.29, 1.82) is 0 Å². The van der Waals surface area contributed by atoms with Gasteiger partial charge in [0.25, 0.3) is 0 Å². The molecule has 2 rings (SSSR count). The number of nitrogens with zero attached hydrogens (tertiary/aromatic N) is 2. The molecule has 2 aromatic rings. The highest BCUT2D eigenvalue weighted by molar-refractivity contribution is 7.89. The van der Waals surface area contributed by atoms with E-state index >= 15 is 0 Å². The van der Waals surface area contributed by atoms with Gasteiger partial charge in [-0.2, -0.15) is 8.42 Å². The number of sulfonamides is 1. The van der Waals surface area contributed by atoms with Gasteiger partial charge in [-0.05, 0) is 17.0 Å². The van der Waals surface area contributed by atoms with Crippen molar-refractivity contribution in [2.75, 3.05) is 0 Å². The summed E-state index contributed by atoms with van der Waals surface area (Å²) in [6.45, 7) is 0. The summed E-state index contributed by atoms with van der Waals surface area (Å²) in [7, 11) is -3.97. The largest absolute Gasteiger partial charge is 0.593 e. The summed E-state index contributed by atoms with van der Waals surface area (Å²) in [5.74, 6) is 0. The van der Waals surface area contributed by atoms with Gasteiger partial charge in [0.1, 0.15) is 4.52 Å². The van der Waals surface area contributed by atoms with E-state index in [0.29, 0.717) is 0 Å². The first-order valence-electron chi connectivity index (χ1n) is 5.15. The number of para-hydroxylation sites is 1. The summed E-state index contributed by atoms with van der Waals surface area (Å²) in [5.41, 5.74) is 0.164. The molecule has 2 aromatic carbocycles. The summed E-state index contributed by atoms with van der Waals surface area (Å²) in [5, 5.41) is 11.6. The average molecular weight is 262 g/mol. The molecule has 0 fully saturated rings. The molecule has 0 amide bonds. The highest BCUT2D eigenvalue weighted by atomic mass is 32.2. The Hall–Kier alpha value is -2.21. The highest BCUT2D eigenvalue weighted by Gasteiger charge is 2.17. The van der Waals surface area contributed by atoms with Crippen LogP contribution in [0.1, 0.15) is 0 Å². The fourth-order valence-corrected chi connectivity index (χ4v) is 2.22. The second-order valence-electron chi connectivity index (χ2n) is 3.48. The van der Waals surface area contributed by atoms with E-state index in [1.165, 1.54) is 24.3 Å². The quantitative estimate of drug-likeness (QED) is 0.485. The van der Waals surface area contributed by atoms with Gasteiger partial charge >= 0.3 is 10.0 Å². The van der Waals surface area contributed by atoms with E-state index in [0.717, 1.165) is 0 Å². The molecule has 0 aromatic heterocycles. The Labute approximate surface area is 105 Å². The SMILES string of the molecule is O=S(=O)(/N=[N+](\[O-])c1ccccc1)c1ccccc1. The zero-order chi connectivity index (χ0) is 13.0. The van der Waals surface area contributed by atoms with Crippen LogP contribution >= 0.6 is 0 Å². The maximum absolute atomic E-state index is 11.8. The van der Waals surface area contributed by atoms with E-state index in [9.17, 15) is 13.6 Å². The van der Waals surface area contributed by atoms with Crippen LogP contribution in [0.4, 0.5) is 5.69 Å². The second kappa shape index (κ2) is 4.97. The van der Waals surface area contributed by atoms with Crippen molar-refractivity contribution in [3.05, 3.63) is 65.9 Å². The minimum atomic E-state index is -3.97. The molecule has 92 valence electrons. The van der Waals surface area contributed by atoms with Crippen molar-refractivity contribution in [3.63, 3.8) is 0 Å². The first-order chi connectivity index (χ1) is 8.59. The third-order valence-electron chi connectivity index (χ3n) is 2.20. The van der Waals surface area contributed by atoms with E-state index in [1.807, 2.05) is 0 Å². The monoisotopic (exact) mass is 262 g/mol. The molecule has 0 unspecified atom stereocenters. The molecule has 0 saturated heterocycles. The van der Waals surface area contributed by atoms with Gasteiger partial charge in [-0.1, -0.05) is 36.4 Å². The van der Waals surface area contributed by atoms with E-state index in [2.05, 4.69) is 4.52 Å². The van der Waals surface area contributed by atoms with Crippen LogP contribution in [0.15, 0.2) is 70.1 Å². The maximum Gasteiger partial charge on any atom is 0.337 e. The third kappa shape index (κ3) is 2.72. The molecule has 0 N–H and O–H groups in total. The molecule has 0 radical (unpaired) electrons. The summed E-state index contributed by atoms with van der Waals surface area (Å²) in [6.07, 6.45) is 0. The molecule has 0 atom stereocenters. The average Bonchev–Trinajstić information content (AvgIpc) is 2.40. The Balaban J connectivity index is 2.39. The lowest BCUT2D eigenvalue weighted by atomic mass is 10.3. The Morgan fingerprint density at radius 2 is 1.39 bits per heavy atom. The predicted molar refractivity (Wildman–Crippen MR) is 65.8 cm³/mol. The summed E-state index contributed by atoms with van der Waals surface area (Å²) < 4.78 is 26.8. The predicted octanol–water partition coefficient (Wildman–Crippen LogP) is 2.67.